The molecule has 0 radical (unpaired) electrons. The van der Waals surface area contributed by atoms with Crippen LogP contribution >= 0.6 is 0 Å². The molecule has 1 fully saturated rings. The predicted molar refractivity (Wildman–Crippen MR) is 55.4 cm³/mol. The second-order valence-corrected chi connectivity index (χ2v) is 3.95. The molecule has 0 bridgehead atoms. The molecule has 0 aliphatic carbocycles. The van der Waals surface area contributed by atoms with E-state index < -0.39 is 13.0 Å². The lowest BCUT2D eigenvalue weighted by Gasteiger charge is -2.15. The molecule has 2 unspecified atom stereocenters. The number of rotatable bonds is 6. The normalized spacial score (nSPS) is 25.0. The number of hydrogen-bond acceptors (Lipinski definition) is 3. The number of alkyl halides is 2. The SMILES string of the molecule is CC1CCNC1C(=O)NCCOCC(F)F. The third-order valence-corrected chi connectivity index (χ3v) is 2.60. The molecule has 1 amide bonds. The Hall–Kier alpha value is -0.750. The summed E-state index contributed by atoms with van der Waals surface area (Å²) in [4.78, 5) is 11.6. The Morgan fingerprint density at radius 3 is 2.94 bits per heavy atom. The second kappa shape index (κ2) is 6.75. The summed E-state index contributed by atoms with van der Waals surface area (Å²) in [5, 5.41) is 5.75. The van der Waals surface area contributed by atoms with Gasteiger partial charge < -0.3 is 15.4 Å². The lowest BCUT2D eigenvalue weighted by molar-refractivity contribution is -0.123. The minimum atomic E-state index is -2.45. The van der Waals surface area contributed by atoms with E-state index in [1.807, 2.05) is 6.92 Å². The first kappa shape index (κ1) is 13.3. The fraction of sp³-hybridized carbons (Fsp3) is 0.900. The van der Waals surface area contributed by atoms with Crippen LogP contribution in [0.5, 0.6) is 0 Å². The Morgan fingerprint density at radius 1 is 1.62 bits per heavy atom. The lowest BCUT2D eigenvalue weighted by Crippen LogP contribution is -2.44. The molecule has 2 N–H and O–H groups in total. The van der Waals surface area contributed by atoms with Crippen molar-refractivity contribution in [1.82, 2.24) is 10.6 Å². The van der Waals surface area contributed by atoms with Gasteiger partial charge in [0, 0.05) is 6.54 Å². The summed E-state index contributed by atoms with van der Waals surface area (Å²) in [6, 6.07) is -0.157. The first-order chi connectivity index (χ1) is 7.61. The van der Waals surface area contributed by atoms with Gasteiger partial charge in [-0.1, -0.05) is 6.92 Å². The molecule has 0 spiro atoms. The van der Waals surface area contributed by atoms with Crippen molar-refractivity contribution >= 4 is 5.91 Å². The van der Waals surface area contributed by atoms with Crippen LogP contribution in [-0.4, -0.2) is 44.7 Å². The van der Waals surface area contributed by atoms with Crippen LogP contribution in [0, 0.1) is 5.92 Å². The second-order valence-electron chi connectivity index (χ2n) is 3.95. The summed E-state index contributed by atoms with van der Waals surface area (Å²) < 4.78 is 28.0. The fourth-order valence-electron chi connectivity index (χ4n) is 1.71. The molecule has 1 aliphatic heterocycles. The molecular formula is C10H18F2N2O2. The summed E-state index contributed by atoms with van der Waals surface area (Å²) in [6.07, 6.45) is -1.47. The molecule has 1 aliphatic rings. The van der Waals surface area contributed by atoms with E-state index in [2.05, 4.69) is 15.4 Å². The van der Waals surface area contributed by atoms with E-state index in [1.54, 1.807) is 0 Å². The van der Waals surface area contributed by atoms with Gasteiger partial charge in [-0.3, -0.25) is 4.79 Å². The highest BCUT2D eigenvalue weighted by Gasteiger charge is 2.28. The van der Waals surface area contributed by atoms with Gasteiger partial charge in [-0.2, -0.15) is 0 Å². The summed E-state index contributed by atoms with van der Waals surface area (Å²) in [5.41, 5.74) is 0. The summed E-state index contributed by atoms with van der Waals surface area (Å²) >= 11 is 0. The molecule has 0 aromatic heterocycles. The topological polar surface area (TPSA) is 50.4 Å². The fourth-order valence-corrected chi connectivity index (χ4v) is 1.71. The highest BCUT2D eigenvalue weighted by atomic mass is 19.3. The van der Waals surface area contributed by atoms with Gasteiger partial charge in [0.05, 0.1) is 12.6 Å². The largest absolute Gasteiger partial charge is 0.374 e. The number of ether oxygens (including phenoxy) is 1. The van der Waals surface area contributed by atoms with Gasteiger partial charge in [-0.05, 0) is 18.9 Å². The van der Waals surface area contributed by atoms with Gasteiger partial charge in [0.15, 0.2) is 0 Å². The van der Waals surface area contributed by atoms with Crippen molar-refractivity contribution in [3.8, 4) is 0 Å². The van der Waals surface area contributed by atoms with Crippen LogP contribution in [0.2, 0.25) is 0 Å². The molecule has 6 heteroatoms. The highest BCUT2D eigenvalue weighted by Crippen LogP contribution is 2.13. The first-order valence-electron chi connectivity index (χ1n) is 5.48. The smallest absolute Gasteiger partial charge is 0.261 e. The van der Waals surface area contributed by atoms with Crippen LogP contribution < -0.4 is 10.6 Å². The van der Waals surface area contributed by atoms with E-state index >= 15 is 0 Å². The quantitative estimate of drug-likeness (QED) is 0.656. The molecule has 16 heavy (non-hydrogen) atoms. The number of carbonyl (C=O) groups excluding carboxylic acids is 1. The Labute approximate surface area is 93.7 Å². The summed E-state index contributed by atoms with van der Waals surface area (Å²) in [5.74, 6) is 0.243. The Bertz CT molecular complexity index is 227. The van der Waals surface area contributed by atoms with Gasteiger partial charge in [0.25, 0.3) is 6.43 Å². The van der Waals surface area contributed by atoms with Crippen molar-refractivity contribution in [2.24, 2.45) is 5.92 Å². The lowest BCUT2D eigenvalue weighted by atomic mass is 10.0. The van der Waals surface area contributed by atoms with Crippen molar-refractivity contribution in [2.45, 2.75) is 25.8 Å². The van der Waals surface area contributed by atoms with Gasteiger partial charge >= 0.3 is 0 Å². The van der Waals surface area contributed by atoms with Crippen molar-refractivity contribution in [1.29, 1.82) is 0 Å². The third-order valence-electron chi connectivity index (χ3n) is 2.60. The standard InChI is InChI=1S/C10H18F2N2O2/c1-7-2-3-13-9(7)10(15)14-4-5-16-6-8(11)12/h7-9,13H,2-6H2,1H3,(H,14,15). The van der Waals surface area contributed by atoms with Crippen LogP contribution in [0.25, 0.3) is 0 Å². The maximum absolute atomic E-state index is 11.7. The molecular weight excluding hydrogens is 218 g/mol. The zero-order valence-corrected chi connectivity index (χ0v) is 9.34. The molecule has 0 aromatic carbocycles. The summed E-state index contributed by atoms with van der Waals surface area (Å²) in [6.45, 7) is 2.68. The van der Waals surface area contributed by atoms with E-state index in [4.69, 9.17) is 0 Å². The van der Waals surface area contributed by atoms with Crippen molar-refractivity contribution in [3.63, 3.8) is 0 Å². The number of amides is 1. The van der Waals surface area contributed by atoms with E-state index in [0.717, 1.165) is 13.0 Å². The molecule has 2 atom stereocenters. The van der Waals surface area contributed by atoms with Gasteiger partial charge in [-0.15, -0.1) is 0 Å². The predicted octanol–water partition coefficient (Wildman–Crippen LogP) is 0.382. The molecule has 94 valence electrons. The molecule has 4 nitrogen and oxygen atoms in total. The summed E-state index contributed by atoms with van der Waals surface area (Å²) in [7, 11) is 0. The average molecular weight is 236 g/mol. The zero-order chi connectivity index (χ0) is 12.0. The molecule has 0 aromatic rings. The highest BCUT2D eigenvalue weighted by molar-refractivity contribution is 5.82. The van der Waals surface area contributed by atoms with Gasteiger partial charge in [0.1, 0.15) is 6.61 Å². The Kier molecular flexibility index (Phi) is 5.62. The number of nitrogens with one attached hydrogen (secondary N) is 2. The number of carbonyl (C=O) groups is 1. The Balaban J connectivity index is 2.06. The van der Waals surface area contributed by atoms with Crippen LogP contribution in [0.1, 0.15) is 13.3 Å². The van der Waals surface area contributed by atoms with E-state index in [9.17, 15) is 13.6 Å². The van der Waals surface area contributed by atoms with E-state index in [-0.39, 0.29) is 25.1 Å². The van der Waals surface area contributed by atoms with Crippen LogP contribution in [0.3, 0.4) is 0 Å². The minimum Gasteiger partial charge on any atom is -0.374 e. The monoisotopic (exact) mass is 236 g/mol. The Morgan fingerprint density at radius 2 is 2.38 bits per heavy atom. The average Bonchev–Trinajstić information content (AvgIpc) is 2.63. The van der Waals surface area contributed by atoms with Gasteiger partial charge in [0.2, 0.25) is 5.91 Å². The third kappa shape index (κ3) is 4.40. The van der Waals surface area contributed by atoms with Crippen LogP contribution in [0.15, 0.2) is 0 Å². The van der Waals surface area contributed by atoms with Crippen molar-refractivity contribution in [3.05, 3.63) is 0 Å². The van der Waals surface area contributed by atoms with E-state index in [0.29, 0.717) is 5.92 Å². The first-order valence-corrected chi connectivity index (χ1v) is 5.48. The zero-order valence-electron chi connectivity index (χ0n) is 9.34. The van der Waals surface area contributed by atoms with E-state index in [1.165, 1.54) is 0 Å². The molecule has 1 heterocycles. The van der Waals surface area contributed by atoms with Gasteiger partial charge in [-0.25, -0.2) is 8.78 Å². The maximum atomic E-state index is 11.7. The van der Waals surface area contributed by atoms with Crippen LogP contribution in [-0.2, 0) is 9.53 Å². The number of hydrogen-bond donors (Lipinski definition) is 2. The van der Waals surface area contributed by atoms with Crippen LogP contribution in [0.4, 0.5) is 8.78 Å². The minimum absolute atomic E-state index is 0.0781. The molecule has 1 saturated heterocycles. The molecule has 0 saturated carbocycles. The van der Waals surface area contributed by atoms with Crippen molar-refractivity contribution < 1.29 is 18.3 Å². The molecule has 1 rings (SSSR count). The number of halogens is 2. The maximum Gasteiger partial charge on any atom is 0.261 e. The van der Waals surface area contributed by atoms with Crippen molar-refractivity contribution in [2.75, 3.05) is 26.3 Å².